The number of nitrogens with one attached hydrogen (secondary N) is 1. The molecule has 0 bridgehead atoms. The lowest BCUT2D eigenvalue weighted by Crippen LogP contribution is -2.00. The van der Waals surface area contributed by atoms with Crippen LogP contribution in [0.5, 0.6) is 5.75 Å². The zero-order valence-electron chi connectivity index (χ0n) is 9.74. The quantitative estimate of drug-likeness (QED) is 0.923. The van der Waals surface area contributed by atoms with Crippen molar-refractivity contribution >= 4 is 28.6 Å². The summed E-state index contributed by atoms with van der Waals surface area (Å²) in [7, 11) is 1.59. The van der Waals surface area contributed by atoms with Crippen molar-refractivity contribution in [3.05, 3.63) is 45.1 Å². The minimum Gasteiger partial charge on any atom is -0.495 e. The molecule has 0 aliphatic heterocycles. The van der Waals surface area contributed by atoms with E-state index in [-0.39, 0.29) is 0 Å². The van der Waals surface area contributed by atoms with Crippen LogP contribution in [-0.4, -0.2) is 7.11 Å². The van der Waals surface area contributed by atoms with Crippen LogP contribution in [-0.2, 0) is 6.54 Å². The van der Waals surface area contributed by atoms with Crippen LogP contribution in [0.1, 0.15) is 10.4 Å². The summed E-state index contributed by atoms with van der Waals surface area (Å²) in [5, 5.41) is 14.7. The molecule has 0 saturated carbocycles. The van der Waals surface area contributed by atoms with Gasteiger partial charge in [-0.3, -0.25) is 0 Å². The summed E-state index contributed by atoms with van der Waals surface area (Å²) in [6.07, 6.45) is 0. The number of hydrogen-bond donors (Lipinski definition) is 1. The molecule has 92 valence electrons. The number of methoxy groups -OCH3 is 1. The maximum atomic E-state index is 8.82. The molecule has 0 amide bonds. The van der Waals surface area contributed by atoms with E-state index in [9.17, 15) is 0 Å². The summed E-state index contributed by atoms with van der Waals surface area (Å²) in [6.45, 7) is 0.680. The lowest BCUT2D eigenvalue weighted by Gasteiger charge is -2.10. The van der Waals surface area contributed by atoms with E-state index >= 15 is 0 Å². The highest BCUT2D eigenvalue weighted by Gasteiger charge is 2.05. The van der Waals surface area contributed by atoms with Crippen LogP contribution in [0.4, 0.5) is 5.69 Å². The molecule has 18 heavy (non-hydrogen) atoms. The Morgan fingerprint density at radius 2 is 2.28 bits per heavy atom. The zero-order valence-corrected chi connectivity index (χ0v) is 11.3. The first-order valence-electron chi connectivity index (χ1n) is 5.28. The van der Waals surface area contributed by atoms with Gasteiger partial charge in [0.1, 0.15) is 5.75 Å². The van der Waals surface area contributed by atoms with Crippen LogP contribution < -0.4 is 10.1 Å². The minimum atomic E-state index is 0.580. The SMILES string of the molecule is COc1cc(C#N)ccc1NCc1cc(Cl)cs1. The first kappa shape index (κ1) is 12.7. The van der Waals surface area contributed by atoms with Gasteiger partial charge in [0, 0.05) is 22.9 Å². The summed E-state index contributed by atoms with van der Waals surface area (Å²) in [5.41, 5.74) is 1.44. The Labute approximate surface area is 115 Å². The summed E-state index contributed by atoms with van der Waals surface area (Å²) in [4.78, 5) is 1.14. The van der Waals surface area contributed by atoms with Crippen molar-refractivity contribution in [3.63, 3.8) is 0 Å². The monoisotopic (exact) mass is 278 g/mol. The number of hydrogen-bond acceptors (Lipinski definition) is 4. The van der Waals surface area contributed by atoms with E-state index in [1.807, 2.05) is 17.5 Å². The van der Waals surface area contributed by atoms with Gasteiger partial charge in [-0.05, 0) is 18.2 Å². The smallest absolute Gasteiger partial charge is 0.143 e. The van der Waals surface area contributed by atoms with Crippen LogP contribution in [0.3, 0.4) is 0 Å². The molecular formula is C13H11ClN2OS. The predicted octanol–water partition coefficient (Wildman–Crippen LogP) is 3.89. The van der Waals surface area contributed by atoms with Gasteiger partial charge in [0.2, 0.25) is 0 Å². The molecule has 2 aromatic rings. The highest BCUT2D eigenvalue weighted by molar-refractivity contribution is 7.10. The molecule has 0 fully saturated rings. The van der Waals surface area contributed by atoms with Gasteiger partial charge in [-0.25, -0.2) is 0 Å². The van der Waals surface area contributed by atoms with Crippen LogP contribution in [0, 0.1) is 11.3 Å². The predicted molar refractivity (Wildman–Crippen MR) is 74.4 cm³/mol. The van der Waals surface area contributed by atoms with E-state index in [2.05, 4.69) is 11.4 Å². The first-order valence-corrected chi connectivity index (χ1v) is 6.53. The van der Waals surface area contributed by atoms with Gasteiger partial charge >= 0.3 is 0 Å². The molecular weight excluding hydrogens is 268 g/mol. The highest BCUT2D eigenvalue weighted by atomic mass is 35.5. The lowest BCUT2D eigenvalue weighted by molar-refractivity contribution is 0.416. The maximum Gasteiger partial charge on any atom is 0.143 e. The Morgan fingerprint density at radius 1 is 1.44 bits per heavy atom. The van der Waals surface area contributed by atoms with E-state index in [0.29, 0.717) is 17.9 Å². The van der Waals surface area contributed by atoms with Crippen molar-refractivity contribution in [2.75, 3.05) is 12.4 Å². The summed E-state index contributed by atoms with van der Waals surface area (Å²) < 4.78 is 5.25. The van der Waals surface area contributed by atoms with Crippen LogP contribution in [0.2, 0.25) is 5.02 Å². The third-order valence-corrected chi connectivity index (χ3v) is 3.69. The third-order valence-electron chi connectivity index (χ3n) is 2.41. The fourth-order valence-electron chi connectivity index (χ4n) is 1.54. The molecule has 0 unspecified atom stereocenters. The Balaban J connectivity index is 2.12. The Bertz CT molecular complexity index is 589. The molecule has 0 aliphatic rings. The van der Waals surface area contributed by atoms with Gasteiger partial charge in [0.15, 0.2) is 0 Å². The molecule has 5 heteroatoms. The largest absolute Gasteiger partial charge is 0.495 e. The second kappa shape index (κ2) is 5.76. The fourth-order valence-corrected chi connectivity index (χ4v) is 2.55. The van der Waals surface area contributed by atoms with E-state index in [0.717, 1.165) is 15.6 Å². The molecule has 0 atom stereocenters. The number of nitriles is 1. The number of anilines is 1. The summed E-state index contributed by atoms with van der Waals surface area (Å²) >= 11 is 7.46. The summed E-state index contributed by atoms with van der Waals surface area (Å²) in [6, 6.07) is 9.32. The molecule has 2 rings (SSSR count). The lowest BCUT2D eigenvalue weighted by atomic mass is 10.2. The maximum absolute atomic E-state index is 8.82. The second-order valence-electron chi connectivity index (χ2n) is 3.61. The number of benzene rings is 1. The van der Waals surface area contributed by atoms with Crippen LogP contribution >= 0.6 is 22.9 Å². The minimum absolute atomic E-state index is 0.580. The van der Waals surface area contributed by atoms with Crippen LogP contribution in [0.25, 0.3) is 0 Å². The van der Waals surface area contributed by atoms with Gasteiger partial charge in [-0.1, -0.05) is 11.6 Å². The Hall–Kier alpha value is -1.70. The Morgan fingerprint density at radius 3 is 2.89 bits per heavy atom. The standard InChI is InChI=1S/C13H11ClN2OS/c1-17-13-4-9(6-15)2-3-12(13)16-7-11-5-10(14)8-18-11/h2-5,8,16H,7H2,1H3. The number of rotatable bonds is 4. The van der Waals surface area contributed by atoms with Crippen LogP contribution in [0.15, 0.2) is 29.6 Å². The highest BCUT2D eigenvalue weighted by Crippen LogP contribution is 2.27. The third kappa shape index (κ3) is 2.95. The van der Waals surface area contributed by atoms with Gasteiger partial charge in [0.05, 0.1) is 29.5 Å². The van der Waals surface area contributed by atoms with E-state index in [4.69, 9.17) is 21.6 Å². The fraction of sp³-hybridized carbons (Fsp3) is 0.154. The van der Waals surface area contributed by atoms with Gasteiger partial charge < -0.3 is 10.1 Å². The van der Waals surface area contributed by atoms with Gasteiger partial charge in [0.25, 0.3) is 0 Å². The van der Waals surface area contributed by atoms with E-state index < -0.39 is 0 Å². The summed E-state index contributed by atoms with van der Waals surface area (Å²) in [5.74, 6) is 0.664. The number of ether oxygens (including phenoxy) is 1. The van der Waals surface area contributed by atoms with Gasteiger partial charge in [-0.15, -0.1) is 11.3 Å². The normalized spacial score (nSPS) is 9.83. The van der Waals surface area contributed by atoms with Crippen molar-refractivity contribution in [2.24, 2.45) is 0 Å². The number of thiophene rings is 1. The zero-order chi connectivity index (χ0) is 13.0. The van der Waals surface area contributed by atoms with Crippen molar-refractivity contribution in [1.29, 1.82) is 5.26 Å². The second-order valence-corrected chi connectivity index (χ2v) is 5.04. The molecule has 3 nitrogen and oxygen atoms in total. The van der Waals surface area contributed by atoms with E-state index in [1.54, 1.807) is 30.6 Å². The molecule has 0 aliphatic carbocycles. The molecule has 0 saturated heterocycles. The molecule has 1 heterocycles. The average molecular weight is 279 g/mol. The number of halogens is 1. The first-order chi connectivity index (χ1) is 8.72. The van der Waals surface area contributed by atoms with Crippen molar-refractivity contribution in [2.45, 2.75) is 6.54 Å². The molecule has 0 spiro atoms. The molecule has 1 N–H and O–H groups in total. The molecule has 0 radical (unpaired) electrons. The van der Waals surface area contributed by atoms with E-state index in [1.165, 1.54) is 0 Å². The van der Waals surface area contributed by atoms with Gasteiger partial charge in [-0.2, -0.15) is 5.26 Å². The molecule has 1 aromatic carbocycles. The van der Waals surface area contributed by atoms with Crippen molar-refractivity contribution < 1.29 is 4.74 Å². The van der Waals surface area contributed by atoms with Crippen molar-refractivity contribution in [3.8, 4) is 11.8 Å². The molecule has 1 aromatic heterocycles. The average Bonchev–Trinajstić information content (AvgIpc) is 2.82. The number of nitrogens with zero attached hydrogens (tertiary/aromatic N) is 1. The van der Waals surface area contributed by atoms with Crippen molar-refractivity contribution in [1.82, 2.24) is 0 Å². The Kier molecular flexibility index (Phi) is 4.08. The topological polar surface area (TPSA) is 45.0 Å².